The van der Waals surface area contributed by atoms with Gasteiger partial charge in [0.2, 0.25) is 5.91 Å². The maximum Gasteiger partial charge on any atom is 0.220 e. The van der Waals surface area contributed by atoms with Crippen LogP contribution in [0, 0.1) is 0 Å². The van der Waals surface area contributed by atoms with Crippen LogP contribution in [0.4, 0.5) is 0 Å². The van der Waals surface area contributed by atoms with Gasteiger partial charge in [0.15, 0.2) is 0 Å². The van der Waals surface area contributed by atoms with Gasteiger partial charge in [0.25, 0.3) is 0 Å². The van der Waals surface area contributed by atoms with Crippen LogP contribution in [0.2, 0.25) is 5.02 Å². The van der Waals surface area contributed by atoms with Gasteiger partial charge in [-0.25, -0.2) is 0 Å². The van der Waals surface area contributed by atoms with Crippen LogP contribution in [-0.2, 0) is 16.0 Å². The van der Waals surface area contributed by atoms with Crippen molar-refractivity contribution in [2.45, 2.75) is 43.9 Å². The van der Waals surface area contributed by atoms with Crippen molar-refractivity contribution >= 4 is 17.5 Å². The number of aryl methyl sites for hydroxylation is 1. The van der Waals surface area contributed by atoms with Gasteiger partial charge in [0, 0.05) is 43.2 Å². The zero-order valence-electron chi connectivity index (χ0n) is 13.8. The second kappa shape index (κ2) is 8.30. The van der Waals surface area contributed by atoms with Gasteiger partial charge in [-0.2, -0.15) is 0 Å². The first-order chi connectivity index (χ1) is 11.7. The van der Waals surface area contributed by atoms with E-state index in [1.165, 1.54) is 0 Å². The lowest BCUT2D eigenvalue weighted by atomic mass is 10.1. The predicted molar refractivity (Wildman–Crippen MR) is 93.1 cm³/mol. The molecule has 0 spiro atoms. The molecule has 3 atom stereocenters. The van der Waals surface area contributed by atoms with E-state index in [9.17, 15) is 4.79 Å². The van der Waals surface area contributed by atoms with E-state index < -0.39 is 0 Å². The third kappa shape index (κ3) is 4.48. The Morgan fingerprint density at radius 2 is 2.21 bits per heavy atom. The molecule has 0 radical (unpaired) electrons. The summed E-state index contributed by atoms with van der Waals surface area (Å²) in [4.78, 5) is 14.6. The van der Waals surface area contributed by atoms with Crippen LogP contribution in [0.15, 0.2) is 24.3 Å². The molecule has 1 aromatic rings. The molecule has 5 nitrogen and oxygen atoms in total. The molecule has 3 rings (SSSR count). The second-order valence-corrected chi connectivity index (χ2v) is 7.07. The molecule has 0 bridgehead atoms. The molecule has 2 aliphatic rings. The Morgan fingerprint density at radius 1 is 1.38 bits per heavy atom. The van der Waals surface area contributed by atoms with Crippen molar-refractivity contribution in [2.24, 2.45) is 0 Å². The number of hydrogen-bond donors (Lipinski definition) is 2. The zero-order valence-corrected chi connectivity index (χ0v) is 14.5. The molecule has 2 fully saturated rings. The van der Waals surface area contributed by atoms with E-state index in [-0.39, 0.29) is 24.7 Å². The summed E-state index contributed by atoms with van der Waals surface area (Å²) in [6, 6.07) is 8.22. The molecular weight excluding hydrogens is 328 g/mol. The topological polar surface area (TPSA) is 61.8 Å². The molecule has 0 saturated carbocycles. The van der Waals surface area contributed by atoms with E-state index in [1.807, 2.05) is 24.3 Å². The average molecular weight is 353 g/mol. The molecule has 2 heterocycles. The monoisotopic (exact) mass is 352 g/mol. The first-order valence-electron chi connectivity index (χ1n) is 8.65. The average Bonchev–Trinajstić information content (AvgIpc) is 2.96. The highest BCUT2D eigenvalue weighted by atomic mass is 35.5. The van der Waals surface area contributed by atoms with Crippen molar-refractivity contribution in [2.75, 3.05) is 26.3 Å². The molecule has 2 saturated heterocycles. The molecule has 0 aliphatic carbocycles. The van der Waals surface area contributed by atoms with Crippen LogP contribution in [0.25, 0.3) is 0 Å². The van der Waals surface area contributed by atoms with Gasteiger partial charge in [-0.3, -0.25) is 9.69 Å². The summed E-state index contributed by atoms with van der Waals surface area (Å²) >= 11 is 6.13. The molecule has 2 aliphatic heterocycles. The Kier molecular flexibility index (Phi) is 6.11. The van der Waals surface area contributed by atoms with Gasteiger partial charge in [0.1, 0.15) is 0 Å². The largest absolute Gasteiger partial charge is 0.396 e. The highest BCUT2D eigenvalue weighted by molar-refractivity contribution is 6.31. The molecule has 1 amide bonds. The summed E-state index contributed by atoms with van der Waals surface area (Å²) in [5, 5.41) is 12.9. The van der Waals surface area contributed by atoms with Crippen LogP contribution >= 0.6 is 11.6 Å². The highest BCUT2D eigenvalue weighted by Crippen LogP contribution is 2.24. The van der Waals surface area contributed by atoms with Gasteiger partial charge in [-0.15, -0.1) is 0 Å². The van der Waals surface area contributed by atoms with Crippen LogP contribution < -0.4 is 5.32 Å². The molecule has 24 heavy (non-hydrogen) atoms. The normalized spacial score (nSPS) is 27.0. The van der Waals surface area contributed by atoms with Crippen LogP contribution in [0.1, 0.15) is 24.8 Å². The number of nitrogens with one attached hydrogen (secondary N) is 1. The number of benzene rings is 1. The fourth-order valence-electron chi connectivity index (χ4n) is 3.62. The van der Waals surface area contributed by atoms with Gasteiger partial charge in [0.05, 0.1) is 12.7 Å². The van der Waals surface area contributed by atoms with Gasteiger partial charge in [-0.1, -0.05) is 29.8 Å². The Labute approximate surface area is 147 Å². The summed E-state index contributed by atoms with van der Waals surface area (Å²) in [7, 11) is 0. The Morgan fingerprint density at radius 3 is 3.00 bits per heavy atom. The first-order valence-corrected chi connectivity index (χ1v) is 9.02. The lowest BCUT2D eigenvalue weighted by Gasteiger charge is -2.34. The van der Waals surface area contributed by atoms with Crippen molar-refractivity contribution in [3.05, 3.63) is 34.9 Å². The van der Waals surface area contributed by atoms with E-state index in [1.54, 1.807) is 0 Å². The minimum Gasteiger partial charge on any atom is -0.396 e. The van der Waals surface area contributed by atoms with Crippen molar-refractivity contribution in [1.82, 2.24) is 10.2 Å². The third-order valence-corrected chi connectivity index (χ3v) is 5.25. The van der Waals surface area contributed by atoms with Crippen LogP contribution in [0.3, 0.4) is 0 Å². The Balaban J connectivity index is 1.44. The number of aliphatic hydroxyl groups is 1. The van der Waals surface area contributed by atoms with Gasteiger partial charge < -0.3 is 15.2 Å². The zero-order chi connectivity index (χ0) is 16.9. The highest BCUT2D eigenvalue weighted by Gasteiger charge is 2.37. The first kappa shape index (κ1) is 17.7. The lowest BCUT2D eigenvalue weighted by Crippen LogP contribution is -2.46. The summed E-state index contributed by atoms with van der Waals surface area (Å²) in [5.74, 6) is 0.0765. The molecule has 132 valence electrons. The number of fused-ring (bicyclic) bond motifs is 1. The minimum absolute atomic E-state index is 0.0765. The number of carbonyl (C=O) groups excluding carboxylic acids is 1. The number of hydrogen-bond acceptors (Lipinski definition) is 4. The molecule has 0 aromatic heterocycles. The molecule has 0 unspecified atom stereocenters. The summed E-state index contributed by atoms with van der Waals surface area (Å²) in [5.41, 5.74) is 1.01. The van der Waals surface area contributed by atoms with Gasteiger partial charge >= 0.3 is 0 Å². The summed E-state index contributed by atoms with van der Waals surface area (Å²) in [6.45, 7) is 2.56. The van der Waals surface area contributed by atoms with E-state index in [4.69, 9.17) is 21.4 Å². The van der Waals surface area contributed by atoms with Crippen molar-refractivity contribution in [3.63, 3.8) is 0 Å². The number of halogens is 1. The van der Waals surface area contributed by atoms with E-state index >= 15 is 0 Å². The maximum absolute atomic E-state index is 12.2. The number of nitrogens with zero attached hydrogens (tertiary/aromatic N) is 1. The molecule has 1 aromatic carbocycles. The number of rotatable bonds is 6. The van der Waals surface area contributed by atoms with Crippen molar-refractivity contribution in [1.29, 1.82) is 0 Å². The van der Waals surface area contributed by atoms with Crippen LogP contribution in [0.5, 0.6) is 0 Å². The number of ether oxygens (including phenoxy) is 1. The molecule has 6 heteroatoms. The fourth-order valence-corrected chi connectivity index (χ4v) is 3.85. The predicted octanol–water partition coefficient (Wildman–Crippen LogP) is 1.61. The van der Waals surface area contributed by atoms with E-state index in [0.29, 0.717) is 31.9 Å². The standard InChI is InChI=1S/C18H25ClN2O3/c19-17-4-2-1-3-13(17)5-6-18(23)20-14-9-15-12-24-16(7-8-22)11-21(15)10-14/h1-4,14-16,22H,5-12H2,(H,20,23)/t14-,15-,16-/m0/s1. The second-order valence-electron chi connectivity index (χ2n) is 6.67. The molecular formula is C18H25ClN2O3. The van der Waals surface area contributed by atoms with Gasteiger partial charge in [-0.05, 0) is 30.9 Å². The lowest BCUT2D eigenvalue weighted by molar-refractivity contribution is -0.121. The number of carbonyl (C=O) groups is 1. The van der Waals surface area contributed by atoms with Crippen molar-refractivity contribution in [3.8, 4) is 0 Å². The number of aliphatic hydroxyl groups excluding tert-OH is 1. The summed E-state index contributed by atoms with van der Waals surface area (Å²) in [6.07, 6.45) is 2.84. The summed E-state index contributed by atoms with van der Waals surface area (Å²) < 4.78 is 5.78. The van der Waals surface area contributed by atoms with E-state index in [0.717, 1.165) is 30.1 Å². The van der Waals surface area contributed by atoms with E-state index in [2.05, 4.69) is 10.2 Å². The number of morpholine rings is 1. The maximum atomic E-state index is 12.2. The SMILES string of the molecule is O=C(CCc1ccccc1Cl)N[C@H]1C[C@H]2CO[C@@H](CCO)CN2C1. The minimum atomic E-state index is 0.0765. The van der Waals surface area contributed by atoms with Crippen LogP contribution in [-0.4, -0.2) is 60.4 Å². The smallest absolute Gasteiger partial charge is 0.220 e. The third-order valence-electron chi connectivity index (χ3n) is 4.89. The number of amides is 1. The Hall–Kier alpha value is -1.14. The Bertz CT molecular complexity index is 569. The van der Waals surface area contributed by atoms with Crippen molar-refractivity contribution < 1.29 is 14.6 Å². The fraction of sp³-hybridized carbons (Fsp3) is 0.611. The molecule has 2 N–H and O–H groups in total. The quantitative estimate of drug-likeness (QED) is 0.816.